The monoisotopic (exact) mass is 633 g/mol. The maximum atomic E-state index is 2.66. The van der Waals surface area contributed by atoms with Gasteiger partial charge in [-0.15, -0.1) is 0 Å². The molecule has 0 N–H and O–H groups in total. The fourth-order valence-electron chi connectivity index (χ4n) is 18.1. The molecule has 0 heterocycles. The SMILES string of the molecule is C1=CC[C]([Ti]([C]2=CC=CC2)([C]2=CC=CC2)([C]2=CC=CC2)([C]2=CC=CC2)([C]2=CC=CC2)([C]2=CC=CC2)([C]2=CC=CC2)[C]2=CC=CC2)=C1. The summed E-state index contributed by atoms with van der Waals surface area (Å²) in [6.45, 7) is 0. The number of hydrogen-bond donors (Lipinski definition) is 0. The molecule has 9 aliphatic rings. The summed E-state index contributed by atoms with van der Waals surface area (Å²) < 4.78 is 14.5. The molecule has 9 rings (SSSR count). The molecule has 0 radical (unpaired) electrons. The van der Waals surface area contributed by atoms with Gasteiger partial charge in [-0.25, -0.2) is 0 Å². The van der Waals surface area contributed by atoms with Gasteiger partial charge in [0, 0.05) is 0 Å². The van der Waals surface area contributed by atoms with Crippen LogP contribution >= 0.6 is 0 Å². The third-order valence-corrected chi connectivity index (χ3v) is 59.8. The zero-order chi connectivity index (χ0) is 31.0. The van der Waals surface area contributed by atoms with E-state index >= 15 is 0 Å². The number of allylic oxidation sites excluding steroid dienone is 36. The van der Waals surface area contributed by atoms with Crippen LogP contribution in [0.3, 0.4) is 0 Å². The van der Waals surface area contributed by atoms with Crippen LogP contribution in [-0.4, -0.2) is 0 Å². The Morgan fingerprint density at radius 2 is 0.348 bits per heavy atom. The van der Waals surface area contributed by atoms with Gasteiger partial charge >= 0.3 is 267 Å². The van der Waals surface area contributed by atoms with E-state index in [1.807, 2.05) is 0 Å². The molecule has 0 aliphatic heterocycles. The molecule has 0 unspecified atom stereocenters. The van der Waals surface area contributed by atoms with Crippen molar-refractivity contribution >= 4 is 0 Å². The third kappa shape index (κ3) is 1.48. The molecular formula is C45H45Ti. The van der Waals surface area contributed by atoms with Gasteiger partial charge in [0.15, 0.2) is 0 Å². The van der Waals surface area contributed by atoms with Crippen molar-refractivity contribution in [2.24, 2.45) is 0 Å². The van der Waals surface area contributed by atoms with Crippen LogP contribution in [0.15, 0.2) is 199 Å². The molecule has 46 heavy (non-hydrogen) atoms. The van der Waals surface area contributed by atoms with E-state index in [9.17, 15) is 0 Å². The molecule has 0 fully saturated rings. The van der Waals surface area contributed by atoms with Gasteiger partial charge in [-0.05, 0) is 0 Å². The summed E-state index contributed by atoms with van der Waals surface area (Å²) in [6, 6.07) is 0. The summed E-state index contributed by atoms with van der Waals surface area (Å²) in [7, 11) is -8.08. The van der Waals surface area contributed by atoms with E-state index in [0.717, 1.165) is 57.8 Å². The molecular weight excluding hydrogens is 588 g/mol. The Morgan fingerprint density at radius 3 is 0.435 bits per heavy atom. The second-order valence-electron chi connectivity index (χ2n) is 16.4. The van der Waals surface area contributed by atoms with Crippen LogP contribution < -0.4 is 0 Å². The van der Waals surface area contributed by atoms with Crippen molar-refractivity contribution in [2.75, 3.05) is 0 Å². The summed E-state index contributed by atoms with van der Waals surface area (Å²) in [4.78, 5) is 0. The Balaban J connectivity index is 1.95. The molecule has 0 atom stereocenters. The van der Waals surface area contributed by atoms with Gasteiger partial charge in [-0.2, -0.15) is 0 Å². The molecule has 1 heteroatoms. The minimum absolute atomic E-state index is 0.899. The topological polar surface area (TPSA) is 0 Å². The third-order valence-electron chi connectivity index (χ3n) is 18.5. The first-order chi connectivity index (χ1) is 22.6. The molecule has 0 spiro atoms. The predicted octanol–water partition coefficient (Wildman–Crippen LogP) is 12.4. The molecule has 9 aliphatic carbocycles. The van der Waals surface area contributed by atoms with Crippen molar-refractivity contribution in [3.05, 3.63) is 199 Å². The summed E-state index contributed by atoms with van der Waals surface area (Å²) >= 11 is 0. The Kier molecular flexibility index (Phi) is 4.48. The van der Waals surface area contributed by atoms with Gasteiger partial charge in [0.05, 0.1) is 0 Å². The molecule has 0 saturated carbocycles. The van der Waals surface area contributed by atoms with E-state index in [2.05, 4.69) is 164 Å². The Morgan fingerprint density at radius 1 is 0.217 bits per heavy atom. The molecule has 0 aromatic heterocycles. The van der Waals surface area contributed by atoms with Crippen LogP contribution in [0.1, 0.15) is 57.8 Å². The summed E-state index contributed by atoms with van der Waals surface area (Å²) in [5, 5.41) is 0. The second kappa shape index (κ2) is 7.28. The van der Waals surface area contributed by atoms with E-state index in [1.165, 1.54) is 0 Å². The van der Waals surface area contributed by atoms with Crippen LogP contribution in [0.25, 0.3) is 0 Å². The first-order valence-electron chi connectivity index (χ1n) is 17.7. The Labute approximate surface area is 265 Å². The normalized spacial score (nSPS) is 28.2. The summed E-state index contributed by atoms with van der Waals surface area (Å²) in [5.41, 5.74) is 0. The van der Waals surface area contributed by atoms with Crippen LogP contribution in [-0.2, 0) is 10.2 Å². The Hall–Kier alpha value is -3.97. The van der Waals surface area contributed by atoms with E-state index in [1.54, 1.807) is 34.9 Å². The molecule has 229 valence electrons. The first-order valence-corrected chi connectivity index (χ1v) is 24.7. The van der Waals surface area contributed by atoms with Gasteiger partial charge in [-0.1, -0.05) is 0 Å². The zero-order valence-corrected chi connectivity index (χ0v) is 28.5. The van der Waals surface area contributed by atoms with E-state index < -0.39 is 10.2 Å². The number of hydrogen-bond acceptors (Lipinski definition) is 0. The molecule has 0 amide bonds. The Bertz CT molecular complexity index is 1710. The first kappa shape index (κ1) is 28.3. The number of rotatable bonds is 9. The summed E-state index contributed by atoms with van der Waals surface area (Å²) in [6.07, 6.45) is 76.3. The van der Waals surface area contributed by atoms with Crippen molar-refractivity contribution in [1.29, 1.82) is 0 Å². The van der Waals surface area contributed by atoms with Crippen molar-refractivity contribution in [2.45, 2.75) is 57.8 Å². The molecule has 0 saturated heterocycles. The second-order valence-corrected chi connectivity index (χ2v) is 39.5. The van der Waals surface area contributed by atoms with Gasteiger partial charge < -0.3 is 0 Å². The fraction of sp³-hybridized carbons (Fsp3) is 0.200. The van der Waals surface area contributed by atoms with Crippen LogP contribution in [0.4, 0.5) is 0 Å². The van der Waals surface area contributed by atoms with Gasteiger partial charge in [0.1, 0.15) is 0 Å². The molecule has 0 nitrogen and oxygen atoms in total. The van der Waals surface area contributed by atoms with Crippen molar-refractivity contribution in [1.82, 2.24) is 0 Å². The summed E-state index contributed by atoms with van der Waals surface area (Å²) in [5.74, 6) is 0. The van der Waals surface area contributed by atoms with Gasteiger partial charge in [0.25, 0.3) is 0 Å². The molecule has 0 aromatic rings. The van der Waals surface area contributed by atoms with Crippen LogP contribution in [0.5, 0.6) is 0 Å². The van der Waals surface area contributed by atoms with Gasteiger partial charge in [0.2, 0.25) is 0 Å². The van der Waals surface area contributed by atoms with Crippen molar-refractivity contribution < 1.29 is 10.2 Å². The van der Waals surface area contributed by atoms with Crippen LogP contribution in [0.2, 0.25) is 0 Å². The average molecular weight is 634 g/mol. The quantitative estimate of drug-likeness (QED) is 0.222. The predicted molar refractivity (Wildman–Crippen MR) is 197 cm³/mol. The molecule has 0 bridgehead atoms. The zero-order valence-electron chi connectivity index (χ0n) is 27.0. The van der Waals surface area contributed by atoms with E-state index in [0.29, 0.717) is 0 Å². The van der Waals surface area contributed by atoms with E-state index in [4.69, 9.17) is 0 Å². The molecule has 0 aromatic carbocycles. The van der Waals surface area contributed by atoms with Gasteiger partial charge in [-0.3, -0.25) is 0 Å². The van der Waals surface area contributed by atoms with Crippen LogP contribution in [0, 0.1) is 0 Å². The minimum atomic E-state index is -8.08. The standard InChI is InChI=1S/9C5H5.Ti/c9*1-2-4-5-3-1;/h9*1-3H,4H2;. The van der Waals surface area contributed by atoms with E-state index in [-0.39, 0.29) is 0 Å². The van der Waals surface area contributed by atoms with Crippen molar-refractivity contribution in [3.63, 3.8) is 0 Å². The maximum absolute atomic E-state index is 8.08. The fourth-order valence-corrected chi connectivity index (χ4v) is 65.2. The average Bonchev–Trinajstić information content (AvgIpc) is 3.97. The van der Waals surface area contributed by atoms with Crippen molar-refractivity contribution in [3.8, 4) is 0 Å².